The van der Waals surface area contributed by atoms with Gasteiger partial charge in [-0.25, -0.2) is 4.39 Å². The predicted molar refractivity (Wildman–Crippen MR) is 57.2 cm³/mol. The van der Waals surface area contributed by atoms with E-state index in [0.717, 1.165) is 12.0 Å². The number of nitrogen functional groups attached to an aromatic ring is 1. The smallest absolute Gasteiger partial charge is 0.146 e. The highest BCUT2D eigenvalue weighted by atomic mass is 19.1. The Bertz CT molecular complexity index is 310. The zero-order chi connectivity index (χ0) is 10.7. The minimum absolute atomic E-state index is 0.0575. The SMILES string of the molecule is CC(C)C[C@@H](N)c1ccc(F)c(N)c1. The number of hydrogen-bond acceptors (Lipinski definition) is 2. The fraction of sp³-hybridized carbons (Fsp3) is 0.455. The maximum Gasteiger partial charge on any atom is 0.146 e. The van der Waals surface area contributed by atoms with Crippen molar-refractivity contribution in [3.8, 4) is 0 Å². The second kappa shape index (κ2) is 4.42. The topological polar surface area (TPSA) is 52.0 Å². The molecule has 4 N–H and O–H groups in total. The molecule has 1 aromatic rings. The first-order valence-electron chi connectivity index (χ1n) is 4.81. The normalized spacial score (nSPS) is 13.2. The summed E-state index contributed by atoms with van der Waals surface area (Å²) in [6.45, 7) is 4.21. The fourth-order valence-electron chi connectivity index (χ4n) is 1.44. The summed E-state index contributed by atoms with van der Waals surface area (Å²) < 4.78 is 12.9. The Hall–Kier alpha value is -1.09. The van der Waals surface area contributed by atoms with Crippen LogP contribution in [0.5, 0.6) is 0 Å². The Labute approximate surface area is 84.1 Å². The van der Waals surface area contributed by atoms with E-state index < -0.39 is 0 Å². The molecular weight excluding hydrogens is 179 g/mol. The fourth-order valence-corrected chi connectivity index (χ4v) is 1.44. The van der Waals surface area contributed by atoms with Crippen molar-refractivity contribution in [2.45, 2.75) is 26.3 Å². The number of hydrogen-bond donors (Lipinski definition) is 2. The standard InChI is InChI=1S/C11H17FN2/c1-7(2)5-10(13)8-3-4-9(12)11(14)6-8/h3-4,6-7,10H,5,13-14H2,1-2H3/t10-/m1/s1. The third kappa shape index (κ3) is 2.70. The van der Waals surface area contributed by atoms with Gasteiger partial charge in [0.1, 0.15) is 5.82 Å². The summed E-state index contributed by atoms with van der Waals surface area (Å²) >= 11 is 0. The first-order valence-corrected chi connectivity index (χ1v) is 4.81. The lowest BCUT2D eigenvalue weighted by Crippen LogP contribution is -2.13. The van der Waals surface area contributed by atoms with E-state index in [2.05, 4.69) is 13.8 Å². The molecule has 1 aromatic carbocycles. The predicted octanol–water partition coefficient (Wildman–Crippen LogP) is 2.45. The van der Waals surface area contributed by atoms with Crippen molar-refractivity contribution in [1.82, 2.24) is 0 Å². The Morgan fingerprint density at radius 3 is 2.50 bits per heavy atom. The molecule has 0 saturated carbocycles. The van der Waals surface area contributed by atoms with E-state index in [1.54, 1.807) is 12.1 Å². The summed E-state index contributed by atoms with van der Waals surface area (Å²) in [6, 6.07) is 4.62. The van der Waals surface area contributed by atoms with E-state index in [1.807, 2.05) is 0 Å². The molecule has 0 aliphatic rings. The van der Waals surface area contributed by atoms with Gasteiger partial charge in [0.05, 0.1) is 5.69 Å². The summed E-state index contributed by atoms with van der Waals surface area (Å²) in [7, 11) is 0. The maximum atomic E-state index is 12.9. The van der Waals surface area contributed by atoms with Crippen LogP contribution in [0.1, 0.15) is 31.9 Å². The van der Waals surface area contributed by atoms with Crippen molar-refractivity contribution in [3.63, 3.8) is 0 Å². The van der Waals surface area contributed by atoms with Gasteiger partial charge >= 0.3 is 0 Å². The molecule has 1 atom stereocenters. The summed E-state index contributed by atoms with van der Waals surface area (Å²) in [5, 5.41) is 0. The third-order valence-corrected chi connectivity index (χ3v) is 2.17. The minimum atomic E-state index is -0.384. The van der Waals surface area contributed by atoms with Gasteiger partial charge in [-0.05, 0) is 30.0 Å². The summed E-state index contributed by atoms with van der Waals surface area (Å²) in [6.07, 6.45) is 0.880. The molecule has 0 aliphatic heterocycles. The van der Waals surface area contributed by atoms with Gasteiger partial charge in [0.2, 0.25) is 0 Å². The average Bonchev–Trinajstić information content (AvgIpc) is 2.08. The average molecular weight is 196 g/mol. The number of anilines is 1. The van der Waals surface area contributed by atoms with E-state index in [1.165, 1.54) is 6.07 Å². The highest BCUT2D eigenvalue weighted by Gasteiger charge is 2.09. The van der Waals surface area contributed by atoms with Gasteiger partial charge in [0, 0.05) is 6.04 Å². The number of halogens is 1. The zero-order valence-electron chi connectivity index (χ0n) is 8.63. The van der Waals surface area contributed by atoms with E-state index in [4.69, 9.17) is 11.5 Å². The van der Waals surface area contributed by atoms with Crippen LogP contribution in [0.2, 0.25) is 0 Å². The van der Waals surface area contributed by atoms with Crippen LogP contribution in [-0.2, 0) is 0 Å². The second-order valence-corrected chi connectivity index (χ2v) is 4.02. The Balaban J connectivity index is 2.80. The van der Waals surface area contributed by atoms with E-state index in [0.29, 0.717) is 5.92 Å². The molecule has 0 unspecified atom stereocenters. The van der Waals surface area contributed by atoms with Crippen LogP contribution in [0.25, 0.3) is 0 Å². The molecule has 0 aromatic heterocycles. The quantitative estimate of drug-likeness (QED) is 0.729. The van der Waals surface area contributed by atoms with Gasteiger partial charge in [-0.3, -0.25) is 0 Å². The summed E-state index contributed by atoms with van der Waals surface area (Å²) in [5.41, 5.74) is 12.5. The van der Waals surface area contributed by atoms with Crippen LogP contribution in [0, 0.1) is 11.7 Å². The highest BCUT2D eigenvalue weighted by Crippen LogP contribution is 2.21. The van der Waals surface area contributed by atoms with Crippen molar-refractivity contribution in [2.24, 2.45) is 11.7 Å². The van der Waals surface area contributed by atoms with E-state index in [-0.39, 0.29) is 17.5 Å². The van der Waals surface area contributed by atoms with Gasteiger partial charge in [0.15, 0.2) is 0 Å². The molecule has 0 aliphatic carbocycles. The molecule has 0 fully saturated rings. The van der Waals surface area contributed by atoms with Crippen LogP contribution in [-0.4, -0.2) is 0 Å². The van der Waals surface area contributed by atoms with Crippen LogP contribution >= 0.6 is 0 Å². The van der Waals surface area contributed by atoms with Crippen LogP contribution < -0.4 is 11.5 Å². The molecule has 0 amide bonds. The monoisotopic (exact) mass is 196 g/mol. The zero-order valence-corrected chi connectivity index (χ0v) is 8.63. The van der Waals surface area contributed by atoms with Crippen LogP contribution in [0.4, 0.5) is 10.1 Å². The van der Waals surface area contributed by atoms with E-state index in [9.17, 15) is 4.39 Å². The largest absolute Gasteiger partial charge is 0.396 e. The van der Waals surface area contributed by atoms with Crippen molar-refractivity contribution in [3.05, 3.63) is 29.6 Å². The van der Waals surface area contributed by atoms with Crippen molar-refractivity contribution < 1.29 is 4.39 Å². The lowest BCUT2D eigenvalue weighted by molar-refractivity contribution is 0.509. The van der Waals surface area contributed by atoms with Gasteiger partial charge in [-0.1, -0.05) is 19.9 Å². The number of benzene rings is 1. The van der Waals surface area contributed by atoms with Gasteiger partial charge < -0.3 is 11.5 Å². The van der Waals surface area contributed by atoms with Gasteiger partial charge in [-0.2, -0.15) is 0 Å². The van der Waals surface area contributed by atoms with Gasteiger partial charge in [0.25, 0.3) is 0 Å². The molecular formula is C11H17FN2. The molecule has 2 nitrogen and oxygen atoms in total. The number of nitrogens with two attached hydrogens (primary N) is 2. The third-order valence-electron chi connectivity index (χ3n) is 2.17. The molecule has 0 saturated heterocycles. The van der Waals surface area contributed by atoms with Crippen molar-refractivity contribution in [2.75, 3.05) is 5.73 Å². The molecule has 0 spiro atoms. The highest BCUT2D eigenvalue weighted by molar-refractivity contribution is 5.43. The molecule has 0 radical (unpaired) electrons. The lowest BCUT2D eigenvalue weighted by Gasteiger charge is -2.14. The molecule has 78 valence electrons. The first kappa shape index (κ1) is 11.0. The molecule has 0 heterocycles. The van der Waals surface area contributed by atoms with Crippen molar-refractivity contribution >= 4 is 5.69 Å². The maximum absolute atomic E-state index is 12.9. The second-order valence-electron chi connectivity index (χ2n) is 4.02. The minimum Gasteiger partial charge on any atom is -0.396 e. The lowest BCUT2D eigenvalue weighted by atomic mass is 9.97. The Morgan fingerprint density at radius 2 is 2.00 bits per heavy atom. The number of rotatable bonds is 3. The molecule has 1 rings (SSSR count). The van der Waals surface area contributed by atoms with Crippen LogP contribution in [0.3, 0.4) is 0 Å². The summed E-state index contributed by atoms with van der Waals surface area (Å²) in [5.74, 6) is 0.141. The Morgan fingerprint density at radius 1 is 1.36 bits per heavy atom. The summed E-state index contributed by atoms with van der Waals surface area (Å²) in [4.78, 5) is 0. The van der Waals surface area contributed by atoms with Crippen molar-refractivity contribution in [1.29, 1.82) is 0 Å². The van der Waals surface area contributed by atoms with Crippen LogP contribution in [0.15, 0.2) is 18.2 Å². The molecule has 14 heavy (non-hydrogen) atoms. The molecule has 3 heteroatoms. The van der Waals surface area contributed by atoms with Gasteiger partial charge in [-0.15, -0.1) is 0 Å². The Kier molecular flexibility index (Phi) is 3.47. The molecule has 0 bridgehead atoms. The van der Waals surface area contributed by atoms with E-state index >= 15 is 0 Å². The first-order chi connectivity index (χ1) is 6.50.